The molecular weight excluding hydrogens is 388 g/mol. The van der Waals surface area contributed by atoms with E-state index in [1.807, 2.05) is 30.6 Å². The number of nitrogens with one attached hydrogen (secondary N) is 3. The topological polar surface area (TPSA) is 85.9 Å². The number of pyridine rings is 2. The predicted molar refractivity (Wildman–Crippen MR) is 115 cm³/mol. The van der Waals surface area contributed by atoms with Gasteiger partial charge in [-0.25, -0.2) is 9.97 Å². The first-order valence-corrected chi connectivity index (χ1v) is 10.2. The minimum atomic E-state index is -0.135. The molecule has 1 saturated heterocycles. The van der Waals surface area contributed by atoms with Crippen molar-refractivity contribution in [2.24, 2.45) is 0 Å². The second-order valence-corrected chi connectivity index (χ2v) is 7.93. The van der Waals surface area contributed by atoms with Crippen LogP contribution in [-0.4, -0.2) is 51.4 Å². The zero-order valence-corrected chi connectivity index (χ0v) is 17.3. The molecule has 0 aromatic carbocycles. The molecule has 1 amide bonds. The lowest BCUT2D eigenvalue weighted by atomic mass is 9.96. The molecule has 7 nitrogen and oxygen atoms in total. The molecule has 152 valence electrons. The van der Waals surface area contributed by atoms with Crippen LogP contribution in [0.15, 0.2) is 36.8 Å². The Hall–Kier alpha value is -2.64. The number of nitrogens with zero attached hydrogens (tertiary/aromatic N) is 3. The lowest BCUT2D eigenvalue weighted by Gasteiger charge is -2.38. The smallest absolute Gasteiger partial charge is 0.254 e. The fraction of sp³-hybridized carbons (Fsp3) is 0.381. The van der Waals surface area contributed by atoms with Gasteiger partial charge in [0.15, 0.2) is 0 Å². The number of fused-ring (bicyclic) bond motifs is 1. The number of likely N-dealkylation sites (tertiary alicyclic amines) is 1. The van der Waals surface area contributed by atoms with E-state index in [0.717, 1.165) is 48.2 Å². The molecule has 8 heteroatoms. The minimum Gasteiger partial charge on any atom is -0.381 e. The van der Waals surface area contributed by atoms with Gasteiger partial charge in [-0.2, -0.15) is 0 Å². The maximum absolute atomic E-state index is 12.4. The summed E-state index contributed by atoms with van der Waals surface area (Å²) in [5.74, 6) is -0.135. The van der Waals surface area contributed by atoms with E-state index < -0.39 is 0 Å². The maximum Gasteiger partial charge on any atom is 0.254 e. The van der Waals surface area contributed by atoms with Gasteiger partial charge in [-0.1, -0.05) is 17.7 Å². The molecule has 29 heavy (non-hydrogen) atoms. The van der Waals surface area contributed by atoms with Crippen LogP contribution in [0.2, 0.25) is 5.15 Å². The van der Waals surface area contributed by atoms with E-state index >= 15 is 0 Å². The summed E-state index contributed by atoms with van der Waals surface area (Å²) in [7, 11) is 1.64. The van der Waals surface area contributed by atoms with Gasteiger partial charge in [0.2, 0.25) is 0 Å². The molecule has 0 spiro atoms. The van der Waals surface area contributed by atoms with Crippen LogP contribution >= 0.6 is 11.6 Å². The number of piperidine rings is 1. The van der Waals surface area contributed by atoms with E-state index in [2.05, 4.69) is 37.4 Å². The van der Waals surface area contributed by atoms with Crippen molar-refractivity contribution in [3.05, 3.63) is 53.1 Å². The molecule has 2 atom stereocenters. The Labute approximate surface area is 174 Å². The highest BCUT2D eigenvalue weighted by Crippen LogP contribution is 2.29. The summed E-state index contributed by atoms with van der Waals surface area (Å²) in [6.07, 6.45) is 7.30. The van der Waals surface area contributed by atoms with Gasteiger partial charge in [0.25, 0.3) is 5.91 Å². The van der Waals surface area contributed by atoms with Gasteiger partial charge in [-0.3, -0.25) is 9.69 Å². The molecule has 3 N–H and O–H groups in total. The first-order valence-electron chi connectivity index (χ1n) is 9.84. The predicted octanol–water partition coefficient (Wildman–Crippen LogP) is 3.44. The number of anilines is 1. The average molecular weight is 413 g/mol. The average Bonchev–Trinajstić information content (AvgIpc) is 3.20. The number of carbonyl (C=O) groups is 1. The number of amides is 1. The summed E-state index contributed by atoms with van der Waals surface area (Å²) in [6, 6.07) is 6.52. The van der Waals surface area contributed by atoms with Gasteiger partial charge in [-0.15, -0.1) is 0 Å². The van der Waals surface area contributed by atoms with E-state index in [1.165, 1.54) is 0 Å². The van der Waals surface area contributed by atoms with Gasteiger partial charge in [0, 0.05) is 56.2 Å². The summed E-state index contributed by atoms with van der Waals surface area (Å²) >= 11 is 5.89. The number of aromatic nitrogens is 3. The third-order valence-electron chi connectivity index (χ3n) is 5.59. The van der Waals surface area contributed by atoms with Crippen LogP contribution in [0, 0.1) is 0 Å². The first kappa shape index (κ1) is 19.7. The van der Waals surface area contributed by atoms with Crippen LogP contribution < -0.4 is 10.6 Å². The molecule has 0 unspecified atom stereocenters. The van der Waals surface area contributed by atoms with E-state index in [9.17, 15) is 4.79 Å². The Balaban J connectivity index is 1.48. The first-order chi connectivity index (χ1) is 14.0. The number of halogens is 1. The van der Waals surface area contributed by atoms with Crippen LogP contribution in [0.25, 0.3) is 11.0 Å². The summed E-state index contributed by atoms with van der Waals surface area (Å²) < 4.78 is 0. The molecule has 3 aromatic heterocycles. The number of rotatable bonds is 5. The van der Waals surface area contributed by atoms with Crippen LogP contribution in [0.4, 0.5) is 5.69 Å². The highest BCUT2D eigenvalue weighted by molar-refractivity contribution is 6.29. The second kappa shape index (κ2) is 8.39. The van der Waals surface area contributed by atoms with Crippen molar-refractivity contribution in [1.29, 1.82) is 0 Å². The maximum atomic E-state index is 12.4. The fourth-order valence-electron chi connectivity index (χ4n) is 4.00. The molecule has 3 aromatic rings. The molecular formula is C21H25ClN6O. The van der Waals surface area contributed by atoms with Crippen molar-refractivity contribution < 1.29 is 4.79 Å². The van der Waals surface area contributed by atoms with Gasteiger partial charge in [0.1, 0.15) is 10.8 Å². The Bertz CT molecular complexity index is 1000. The molecule has 0 saturated carbocycles. The Morgan fingerprint density at radius 1 is 1.31 bits per heavy atom. The quantitative estimate of drug-likeness (QED) is 0.559. The lowest BCUT2D eigenvalue weighted by Crippen LogP contribution is -2.44. The van der Waals surface area contributed by atoms with E-state index in [0.29, 0.717) is 16.8 Å². The molecule has 4 rings (SSSR count). The SMILES string of the molecule is CNC(=O)c1cnc2[nH]ccc2c1N[C@@H]1CCN(Cc2ccc(Cl)nc2)[C@H](C)C1. The van der Waals surface area contributed by atoms with Crippen molar-refractivity contribution in [1.82, 2.24) is 25.2 Å². The van der Waals surface area contributed by atoms with E-state index in [4.69, 9.17) is 11.6 Å². The van der Waals surface area contributed by atoms with Crippen LogP contribution in [0.1, 0.15) is 35.7 Å². The van der Waals surface area contributed by atoms with Gasteiger partial charge in [0.05, 0.1) is 11.3 Å². The van der Waals surface area contributed by atoms with Crippen LogP contribution in [-0.2, 0) is 6.54 Å². The summed E-state index contributed by atoms with van der Waals surface area (Å²) in [4.78, 5) is 26.5. The number of aromatic amines is 1. The molecule has 0 aliphatic carbocycles. The summed E-state index contributed by atoms with van der Waals surface area (Å²) in [5, 5.41) is 7.81. The van der Waals surface area contributed by atoms with E-state index in [-0.39, 0.29) is 11.9 Å². The second-order valence-electron chi connectivity index (χ2n) is 7.54. The molecule has 1 aliphatic heterocycles. The van der Waals surface area contributed by atoms with Gasteiger partial charge < -0.3 is 15.6 Å². The zero-order valence-electron chi connectivity index (χ0n) is 16.6. The van der Waals surface area contributed by atoms with Crippen molar-refractivity contribution in [3.63, 3.8) is 0 Å². The van der Waals surface area contributed by atoms with Crippen molar-refractivity contribution in [3.8, 4) is 0 Å². The van der Waals surface area contributed by atoms with Crippen molar-refractivity contribution in [2.45, 2.75) is 38.4 Å². The fourth-order valence-corrected chi connectivity index (χ4v) is 4.11. The number of hydrogen-bond donors (Lipinski definition) is 3. The minimum absolute atomic E-state index is 0.135. The Morgan fingerprint density at radius 3 is 2.90 bits per heavy atom. The molecule has 1 aliphatic rings. The van der Waals surface area contributed by atoms with Crippen molar-refractivity contribution >= 4 is 34.2 Å². The van der Waals surface area contributed by atoms with Gasteiger partial charge in [-0.05, 0) is 37.5 Å². The Morgan fingerprint density at radius 2 is 2.17 bits per heavy atom. The molecule has 0 bridgehead atoms. The normalized spacial score (nSPS) is 20.0. The zero-order chi connectivity index (χ0) is 20.4. The summed E-state index contributed by atoms with van der Waals surface area (Å²) in [6.45, 7) is 4.08. The summed E-state index contributed by atoms with van der Waals surface area (Å²) in [5.41, 5.74) is 3.36. The number of H-pyrrole nitrogens is 1. The molecule has 4 heterocycles. The van der Waals surface area contributed by atoms with E-state index in [1.54, 1.807) is 13.2 Å². The van der Waals surface area contributed by atoms with Crippen LogP contribution in [0.3, 0.4) is 0 Å². The monoisotopic (exact) mass is 412 g/mol. The van der Waals surface area contributed by atoms with Gasteiger partial charge >= 0.3 is 0 Å². The highest BCUT2D eigenvalue weighted by atomic mass is 35.5. The Kier molecular flexibility index (Phi) is 5.69. The largest absolute Gasteiger partial charge is 0.381 e. The van der Waals surface area contributed by atoms with Crippen LogP contribution in [0.5, 0.6) is 0 Å². The highest BCUT2D eigenvalue weighted by Gasteiger charge is 2.27. The third-order valence-corrected chi connectivity index (χ3v) is 5.82. The van der Waals surface area contributed by atoms with Crippen molar-refractivity contribution in [2.75, 3.05) is 18.9 Å². The number of carbonyl (C=O) groups excluding carboxylic acids is 1. The standard InChI is InChI=1S/C21H25ClN6O/c1-13-9-15(6-8-28(13)12-14-3-4-18(22)25-10-14)27-19-16-5-7-24-20(16)26-11-17(19)21(29)23-2/h3-5,7,10-11,13,15H,6,8-9,12H2,1-2H3,(H,23,29)(H2,24,26,27)/t13-,15-/m1/s1. The number of hydrogen-bond acceptors (Lipinski definition) is 5. The lowest BCUT2D eigenvalue weighted by molar-refractivity contribution is 0.0963. The molecule has 1 fully saturated rings. The third kappa shape index (κ3) is 4.21. The molecule has 0 radical (unpaired) electrons.